The van der Waals surface area contributed by atoms with Crippen LogP contribution in [0.5, 0.6) is 5.75 Å². The highest BCUT2D eigenvalue weighted by Crippen LogP contribution is 2.37. The molecule has 1 aromatic heterocycles. The fraction of sp³-hybridized carbons (Fsp3) is 0.176. The molecule has 0 spiro atoms. The molecule has 1 heterocycles. The number of nitrogens with two attached hydrogens (primary N) is 1. The smallest absolute Gasteiger partial charge is 0.387 e. The second kappa shape index (κ2) is 6.27. The minimum absolute atomic E-state index is 0.0912. The Bertz CT molecular complexity index is 882. The van der Waals surface area contributed by atoms with Crippen molar-refractivity contribution < 1.29 is 13.5 Å². The molecule has 0 atom stereocenters. The normalized spacial score (nSPS) is 11.0. The van der Waals surface area contributed by atoms with Gasteiger partial charge in [0.1, 0.15) is 17.4 Å². The molecular formula is C17H16F2N4O. The zero-order valence-corrected chi connectivity index (χ0v) is 13.2. The lowest BCUT2D eigenvalue weighted by Gasteiger charge is -2.14. The SMILES string of the molecule is CNc1nc(C)nc2ccc(N)c(-c3ccc(OC(F)F)cc3)c12. The van der Waals surface area contributed by atoms with Crippen LogP contribution >= 0.6 is 0 Å². The van der Waals surface area contributed by atoms with Gasteiger partial charge in [-0.3, -0.25) is 0 Å². The lowest BCUT2D eigenvalue weighted by Crippen LogP contribution is -2.02. The van der Waals surface area contributed by atoms with Crippen LogP contribution in [0.15, 0.2) is 36.4 Å². The van der Waals surface area contributed by atoms with Crippen LogP contribution in [0.25, 0.3) is 22.0 Å². The van der Waals surface area contributed by atoms with E-state index < -0.39 is 6.61 Å². The highest BCUT2D eigenvalue weighted by Gasteiger charge is 2.15. The van der Waals surface area contributed by atoms with Gasteiger partial charge in [-0.25, -0.2) is 9.97 Å². The number of benzene rings is 2. The molecule has 0 unspecified atom stereocenters. The maximum absolute atomic E-state index is 12.3. The Balaban J connectivity index is 2.20. The van der Waals surface area contributed by atoms with Crippen molar-refractivity contribution in [2.75, 3.05) is 18.1 Å². The van der Waals surface area contributed by atoms with Crippen LogP contribution in [0.2, 0.25) is 0 Å². The highest BCUT2D eigenvalue weighted by molar-refractivity contribution is 6.06. The summed E-state index contributed by atoms with van der Waals surface area (Å²) in [6.07, 6.45) is 0. The van der Waals surface area contributed by atoms with Crippen LogP contribution in [-0.4, -0.2) is 23.6 Å². The second-order valence-electron chi connectivity index (χ2n) is 5.20. The monoisotopic (exact) mass is 330 g/mol. The predicted octanol–water partition coefficient (Wildman–Crippen LogP) is 3.83. The minimum atomic E-state index is -2.86. The molecule has 5 nitrogen and oxygen atoms in total. The highest BCUT2D eigenvalue weighted by atomic mass is 19.3. The summed E-state index contributed by atoms with van der Waals surface area (Å²) in [6, 6.07) is 9.93. The number of nitrogens with zero attached hydrogens (tertiary/aromatic N) is 2. The number of aryl methyl sites for hydroxylation is 1. The Morgan fingerprint density at radius 2 is 1.79 bits per heavy atom. The van der Waals surface area contributed by atoms with E-state index in [2.05, 4.69) is 20.0 Å². The number of aromatic nitrogens is 2. The van der Waals surface area contributed by atoms with E-state index in [0.29, 0.717) is 17.3 Å². The summed E-state index contributed by atoms with van der Waals surface area (Å²) in [5.41, 5.74) is 8.99. The summed E-state index contributed by atoms with van der Waals surface area (Å²) in [5.74, 6) is 1.39. The zero-order chi connectivity index (χ0) is 17.3. The maximum Gasteiger partial charge on any atom is 0.387 e. The number of anilines is 2. The van der Waals surface area contributed by atoms with Gasteiger partial charge < -0.3 is 15.8 Å². The van der Waals surface area contributed by atoms with E-state index in [9.17, 15) is 8.78 Å². The molecule has 3 N–H and O–H groups in total. The van der Waals surface area contributed by atoms with Crippen LogP contribution in [0.4, 0.5) is 20.3 Å². The molecule has 124 valence electrons. The first-order valence-electron chi connectivity index (χ1n) is 7.29. The largest absolute Gasteiger partial charge is 0.435 e. The molecule has 0 aliphatic rings. The third-order valence-electron chi connectivity index (χ3n) is 3.61. The molecule has 0 aliphatic carbocycles. The quantitative estimate of drug-likeness (QED) is 0.711. The van der Waals surface area contributed by atoms with Crippen LogP contribution in [0.3, 0.4) is 0 Å². The molecule has 0 saturated carbocycles. The van der Waals surface area contributed by atoms with E-state index in [1.54, 1.807) is 25.2 Å². The van der Waals surface area contributed by atoms with Crippen molar-refractivity contribution in [3.63, 3.8) is 0 Å². The molecule has 3 aromatic rings. The lowest BCUT2D eigenvalue weighted by atomic mass is 9.98. The average Bonchev–Trinajstić information content (AvgIpc) is 2.55. The number of fused-ring (bicyclic) bond motifs is 1. The molecule has 0 aliphatic heterocycles. The number of nitrogen functional groups attached to an aromatic ring is 1. The van der Waals surface area contributed by atoms with Gasteiger partial charge in [0.25, 0.3) is 0 Å². The first-order chi connectivity index (χ1) is 11.5. The Morgan fingerprint density at radius 3 is 2.42 bits per heavy atom. The van der Waals surface area contributed by atoms with Crippen molar-refractivity contribution in [2.45, 2.75) is 13.5 Å². The van der Waals surface area contributed by atoms with Gasteiger partial charge in [-0.1, -0.05) is 12.1 Å². The Hall–Kier alpha value is -2.96. The minimum Gasteiger partial charge on any atom is -0.435 e. The third-order valence-corrected chi connectivity index (χ3v) is 3.61. The van der Waals surface area contributed by atoms with Gasteiger partial charge in [0.05, 0.1) is 10.9 Å². The van der Waals surface area contributed by atoms with E-state index in [4.69, 9.17) is 5.73 Å². The standard InChI is InChI=1S/C17H16F2N4O/c1-9-22-13-8-7-12(20)14(15(13)16(21-2)23-9)10-3-5-11(6-4-10)24-17(18)19/h3-8,17H,20H2,1-2H3,(H,21,22,23). The average molecular weight is 330 g/mol. The van der Waals surface area contributed by atoms with Crippen molar-refractivity contribution >= 4 is 22.4 Å². The zero-order valence-electron chi connectivity index (χ0n) is 13.2. The molecule has 0 fully saturated rings. The van der Waals surface area contributed by atoms with Crippen molar-refractivity contribution in [1.29, 1.82) is 0 Å². The molecule has 0 saturated heterocycles. The second-order valence-corrected chi connectivity index (χ2v) is 5.20. The number of alkyl halides is 2. The number of rotatable bonds is 4. The molecule has 0 amide bonds. The number of ether oxygens (including phenoxy) is 1. The number of nitrogens with one attached hydrogen (secondary N) is 1. The van der Waals surface area contributed by atoms with Crippen LogP contribution in [-0.2, 0) is 0 Å². The van der Waals surface area contributed by atoms with Gasteiger partial charge in [-0.05, 0) is 36.8 Å². The first kappa shape index (κ1) is 15.9. The summed E-state index contributed by atoms with van der Waals surface area (Å²) in [4.78, 5) is 8.84. The molecular weight excluding hydrogens is 314 g/mol. The fourth-order valence-corrected chi connectivity index (χ4v) is 2.65. The van der Waals surface area contributed by atoms with Crippen molar-refractivity contribution in [3.8, 4) is 16.9 Å². The van der Waals surface area contributed by atoms with Gasteiger partial charge in [0.15, 0.2) is 0 Å². The van der Waals surface area contributed by atoms with E-state index in [-0.39, 0.29) is 5.75 Å². The number of hydrogen-bond donors (Lipinski definition) is 2. The topological polar surface area (TPSA) is 73.1 Å². The Labute approximate surface area is 137 Å². The number of halogens is 2. The van der Waals surface area contributed by atoms with Crippen LogP contribution in [0.1, 0.15) is 5.82 Å². The molecule has 0 bridgehead atoms. The summed E-state index contributed by atoms with van der Waals surface area (Å²) in [7, 11) is 1.77. The van der Waals surface area contributed by atoms with Gasteiger partial charge in [0, 0.05) is 18.3 Å². The third kappa shape index (κ3) is 2.92. The van der Waals surface area contributed by atoms with Gasteiger partial charge in [-0.2, -0.15) is 8.78 Å². The van der Waals surface area contributed by atoms with Gasteiger partial charge >= 0.3 is 6.61 Å². The van der Waals surface area contributed by atoms with Crippen molar-refractivity contribution in [1.82, 2.24) is 9.97 Å². The first-order valence-corrected chi connectivity index (χ1v) is 7.29. The maximum atomic E-state index is 12.3. The summed E-state index contributed by atoms with van der Waals surface area (Å²) in [5, 5.41) is 3.84. The summed E-state index contributed by atoms with van der Waals surface area (Å²) >= 11 is 0. The van der Waals surface area contributed by atoms with Gasteiger partial charge in [0.2, 0.25) is 0 Å². The molecule has 7 heteroatoms. The van der Waals surface area contributed by atoms with Crippen molar-refractivity contribution in [3.05, 3.63) is 42.2 Å². The Kier molecular flexibility index (Phi) is 4.16. The molecule has 3 rings (SSSR count). The van der Waals surface area contributed by atoms with Crippen LogP contribution in [0, 0.1) is 6.92 Å². The van der Waals surface area contributed by atoms with Crippen LogP contribution < -0.4 is 15.8 Å². The fourth-order valence-electron chi connectivity index (χ4n) is 2.65. The van der Waals surface area contributed by atoms with Crippen molar-refractivity contribution in [2.24, 2.45) is 0 Å². The molecule has 2 aromatic carbocycles. The van der Waals surface area contributed by atoms with Gasteiger partial charge in [-0.15, -0.1) is 0 Å². The summed E-state index contributed by atoms with van der Waals surface area (Å²) in [6.45, 7) is -1.04. The van der Waals surface area contributed by atoms with E-state index in [0.717, 1.165) is 22.0 Å². The molecule has 0 radical (unpaired) electrons. The summed E-state index contributed by atoms with van der Waals surface area (Å²) < 4.78 is 29.0. The molecule has 24 heavy (non-hydrogen) atoms. The van der Waals surface area contributed by atoms with E-state index >= 15 is 0 Å². The lowest BCUT2D eigenvalue weighted by molar-refractivity contribution is -0.0498. The van der Waals surface area contributed by atoms with E-state index in [1.807, 2.05) is 13.0 Å². The predicted molar refractivity (Wildman–Crippen MR) is 90.3 cm³/mol. The Morgan fingerprint density at radius 1 is 1.08 bits per heavy atom. The number of hydrogen-bond acceptors (Lipinski definition) is 5. The van der Waals surface area contributed by atoms with E-state index in [1.165, 1.54) is 12.1 Å².